The van der Waals surface area contributed by atoms with E-state index >= 15 is 0 Å². The van der Waals surface area contributed by atoms with Gasteiger partial charge >= 0.3 is 5.97 Å². The van der Waals surface area contributed by atoms with Crippen LogP contribution in [0.1, 0.15) is 42.1 Å². The number of halogens is 1. The largest absolute Gasteiger partial charge is 0.481 e. The number of aliphatic carboxylic acids is 1. The molecule has 2 saturated carbocycles. The van der Waals surface area contributed by atoms with Crippen LogP contribution in [0, 0.1) is 17.2 Å². The lowest BCUT2D eigenvalue weighted by Crippen LogP contribution is -2.52. The smallest absolute Gasteiger partial charge is 0.303 e. The number of nitrogens with zero attached hydrogens (tertiary/aromatic N) is 1. The van der Waals surface area contributed by atoms with E-state index in [9.17, 15) is 19.1 Å². The van der Waals surface area contributed by atoms with Crippen molar-refractivity contribution in [2.75, 3.05) is 0 Å². The highest BCUT2D eigenvalue weighted by Gasteiger charge is 2.73. The summed E-state index contributed by atoms with van der Waals surface area (Å²) in [6.45, 7) is 2.49. The molecule has 4 aromatic rings. The highest BCUT2D eigenvalue weighted by Crippen LogP contribution is 2.71. The fraction of sp³-hybridized carbons (Fsp3) is 0.267. The van der Waals surface area contributed by atoms with Crippen LogP contribution in [0.25, 0.3) is 22.0 Å². The number of carbonyl (C=O) groups is 2. The summed E-state index contributed by atoms with van der Waals surface area (Å²) < 4.78 is 16.6. The third kappa shape index (κ3) is 3.68. The lowest BCUT2D eigenvalue weighted by atomic mass is 9.65. The second-order valence-electron chi connectivity index (χ2n) is 10.6. The van der Waals surface area contributed by atoms with Gasteiger partial charge in [-0.15, -0.1) is 0 Å². The van der Waals surface area contributed by atoms with Gasteiger partial charge in [0.15, 0.2) is 0 Å². The van der Waals surface area contributed by atoms with Gasteiger partial charge in [0.2, 0.25) is 0 Å². The monoisotopic (exact) mass is 482 g/mol. The van der Waals surface area contributed by atoms with Gasteiger partial charge in [0.05, 0.1) is 17.5 Å². The van der Waals surface area contributed by atoms with Gasteiger partial charge < -0.3 is 15.0 Å². The maximum atomic E-state index is 14.7. The molecule has 0 saturated heterocycles. The van der Waals surface area contributed by atoms with Crippen LogP contribution in [-0.2, 0) is 11.3 Å². The average Bonchev–Trinajstić information content (AvgIpc) is 3.27. The van der Waals surface area contributed by atoms with Gasteiger partial charge in [-0.3, -0.25) is 9.59 Å². The maximum Gasteiger partial charge on any atom is 0.303 e. The number of carboxylic acids is 1. The number of fused-ring (bicyclic) bond motifs is 2. The molecule has 1 unspecified atom stereocenters. The first-order valence-corrected chi connectivity index (χ1v) is 12.2. The van der Waals surface area contributed by atoms with Gasteiger partial charge in [-0.25, -0.2) is 4.39 Å². The molecule has 5 nitrogen and oxygen atoms in total. The van der Waals surface area contributed by atoms with Crippen LogP contribution < -0.4 is 5.32 Å². The van der Waals surface area contributed by atoms with E-state index in [1.807, 2.05) is 35.9 Å². The summed E-state index contributed by atoms with van der Waals surface area (Å²) in [6.07, 6.45) is 3.38. The zero-order valence-corrected chi connectivity index (χ0v) is 20.0. The van der Waals surface area contributed by atoms with E-state index in [0.29, 0.717) is 29.4 Å². The molecule has 36 heavy (non-hydrogen) atoms. The Bertz CT molecular complexity index is 1490. The third-order valence-corrected chi connectivity index (χ3v) is 8.08. The quantitative estimate of drug-likeness (QED) is 0.346. The summed E-state index contributed by atoms with van der Waals surface area (Å²) in [5.41, 5.74) is 3.72. The van der Waals surface area contributed by atoms with Gasteiger partial charge in [0.25, 0.3) is 5.91 Å². The molecule has 1 amide bonds. The zero-order chi connectivity index (χ0) is 25.1. The minimum Gasteiger partial charge on any atom is -0.481 e. The van der Waals surface area contributed by atoms with E-state index in [1.165, 1.54) is 6.07 Å². The van der Waals surface area contributed by atoms with E-state index in [0.717, 1.165) is 23.1 Å². The Labute approximate surface area is 208 Å². The van der Waals surface area contributed by atoms with Gasteiger partial charge in [-0.05, 0) is 59.1 Å². The summed E-state index contributed by atoms with van der Waals surface area (Å²) in [4.78, 5) is 24.6. The molecule has 6 rings (SSSR count). The van der Waals surface area contributed by atoms with Crippen molar-refractivity contribution in [2.45, 2.75) is 38.3 Å². The summed E-state index contributed by atoms with van der Waals surface area (Å²) in [5, 5.41) is 12.8. The molecule has 0 radical (unpaired) electrons. The Morgan fingerprint density at radius 3 is 2.44 bits per heavy atom. The molecular formula is C30H27FN2O3. The van der Waals surface area contributed by atoms with Gasteiger partial charge in [0.1, 0.15) is 5.82 Å². The Hall–Kier alpha value is -3.93. The molecule has 3 atom stereocenters. The minimum absolute atomic E-state index is 0.113. The number of hydrogen-bond acceptors (Lipinski definition) is 2. The number of benzene rings is 3. The summed E-state index contributed by atoms with van der Waals surface area (Å²) in [5.74, 6) is -1.23. The standard InChI is InChI=1S/C30H27FN2O3/c1-29(16-26(34)35)18-30(15-25(29)30)32-28(36)23-11-12-24(31)22-13-14-33(27(22)23)17-19-7-9-21(10-8-19)20-5-3-2-4-6-20/h2-14,25H,15-18H2,1H3,(H,32,36)(H,34,35)/t25-,29+,30?/m0/s1. The first kappa shape index (κ1) is 22.5. The average molecular weight is 483 g/mol. The van der Waals surface area contributed by atoms with Gasteiger partial charge in [-0.1, -0.05) is 61.5 Å². The topological polar surface area (TPSA) is 71.3 Å². The van der Waals surface area contributed by atoms with Crippen molar-refractivity contribution in [1.82, 2.24) is 9.88 Å². The molecule has 2 aliphatic rings. The first-order chi connectivity index (χ1) is 17.3. The van der Waals surface area contributed by atoms with Crippen molar-refractivity contribution in [3.8, 4) is 11.1 Å². The van der Waals surface area contributed by atoms with Crippen LogP contribution in [0.4, 0.5) is 4.39 Å². The number of amides is 1. The van der Waals surface area contributed by atoms with Crippen LogP contribution in [0.2, 0.25) is 0 Å². The Balaban J connectivity index is 1.25. The molecule has 0 bridgehead atoms. The fourth-order valence-electron chi connectivity index (χ4n) is 6.37. The minimum atomic E-state index is -0.806. The van der Waals surface area contributed by atoms with E-state index in [-0.39, 0.29) is 35.0 Å². The van der Waals surface area contributed by atoms with Crippen molar-refractivity contribution in [3.05, 3.63) is 95.9 Å². The van der Waals surface area contributed by atoms with Crippen LogP contribution in [0.5, 0.6) is 0 Å². The molecule has 2 aliphatic carbocycles. The molecule has 3 aromatic carbocycles. The summed E-state index contributed by atoms with van der Waals surface area (Å²) in [6, 6.07) is 23.0. The Morgan fingerprint density at radius 1 is 1.03 bits per heavy atom. The number of nitrogens with one attached hydrogen (secondary N) is 1. The van der Waals surface area contributed by atoms with Crippen molar-refractivity contribution in [1.29, 1.82) is 0 Å². The first-order valence-electron chi connectivity index (χ1n) is 12.2. The number of carboxylic acid groups (broad SMARTS) is 1. The molecule has 2 N–H and O–H groups in total. The second-order valence-corrected chi connectivity index (χ2v) is 10.6. The third-order valence-electron chi connectivity index (χ3n) is 8.08. The summed E-state index contributed by atoms with van der Waals surface area (Å²) in [7, 11) is 0. The molecule has 182 valence electrons. The summed E-state index contributed by atoms with van der Waals surface area (Å²) >= 11 is 0. The lowest BCUT2D eigenvalue weighted by molar-refractivity contribution is -0.141. The van der Waals surface area contributed by atoms with Crippen molar-refractivity contribution in [3.63, 3.8) is 0 Å². The normalized spacial score (nSPS) is 24.1. The predicted octanol–water partition coefficient (Wildman–Crippen LogP) is 5.87. The molecule has 6 heteroatoms. The second kappa shape index (κ2) is 8.05. The van der Waals surface area contributed by atoms with Gasteiger partial charge in [-0.2, -0.15) is 0 Å². The molecule has 2 fully saturated rings. The van der Waals surface area contributed by atoms with Crippen LogP contribution in [-0.4, -0.2) is 27.1 Å². The molecule has 0 aliphatic heterocycles. The Kier molecular flexibility index (Phi) is 5.04. The van der Waals surface area contributed by atoms with Gasteiger partial charge in [0, 0.05) is 23.7 Å². The zero-order valence-electron chi connectivity index (χ0n) is 20.0. The predicted molar refractivity (Wildman–Crippen MR) is 136 cm³/mol. The lowest BCUT2D eigenvalue weighted by Gasteiger charge is -2.44. The highest BCUT2D eigenvalue weighted by atomic mass is 19.1. The fourth-order valence-corrected chi connectivity index (χ4v) is 6.37. The van der Waals surface area contributed by atoms with E-state index in [2.05, 4.69) is 41.7 Å². The van der Waals surface area contributed by atoms with Crippen LogP contribution in [0.3, 0.4) is 0 Å². The van der Waals surface area contributed by atoms with E-state index in [1.54, 1.807) is 12.1 Å². The Morgan fingerprint density at radius 2 is 1.75 bits per heavy atom. The number of aromatic nitrogens is 1. The maximum absolute atomic E-state index is 14.7. The van der Waals surface area contributed by atoms with Crippen LogP contribution >= 0.6 is 0 Å². The van der Waals surface area contributed by atoms with Crippen molar-refractivity contribution in [2.24, 2.45) is 11.3 Å². The number of rotatable bonds is 7. The molecule has 1 aromatic heterocycles. The van der Waals surface area contributed by atoms with Crippen LogP contribution in [0.15, 0.2) is 79.0 Å². The molecular weight excluding hydrogens is 455 g/mol. The van der Waals surface area contributed by atoms with Crippen molar-refractivity contribution < 1.29 is 19.1 Å². The van der Waals surface area contributed by atoms with E-state index < -0.39 is 5.97 Å². The molecule has 0 spiro atoms. The van der Waals surface area contributed by atoms with E-state index in [4.69, 9.17) is 0 Å². The number of carbonyl (C=O) groups excluding carboxylic acids is 1. The number of hydrogen-bond donors (Lipinski definition) is 2. The molecule has 1 heterocycles. The SMILES string of the molecule is C[C@@]1(CC(=O)O)CC2(NC(=O)c3ccc(F)c4ccn(Cc5ccc(-c6ccccc6)cc5)c34)C[C@H]21. The highest BCUT2D eigenvalue weighted by molar-refractivity contribution is 6.06. The van der Waals surface area contributed by atoms with Crippen molar-refractivity contribution >= 4 is 22.8 Å².